The Morgan fingerprint density at radius 2 is 2.06 bits per heavy atom. The Kier molecular flexibility index (Phi) is 5.12. The van der Waals surface area contributed by atoms with Crippen molar-refractivity contribution < 1.29 is 14.3 Å². The number of nitrogens with one attached hydrogen (secondary N) is 1. The van der Waals surface area contributed by atoms with E-state index in [1.54, 1.807) is 11.8 Å². The summed E-state index contributed by atoms with van der Waals surface area (Å²) in [6.07, 6.45) is 3.47. The molecule has 2 heterocycles. The van der Waals surface area contributed by atoms with E-state index in [1.165, 1.54) is 0 Å². The summed E-state index contributed by atoms with van der Waals surface area (Å²) in [5, 5.41) is 13.5. The van der Waals surface area contributed by atoms with Crippen molar-refractivity contribution in [1.29, 1.82) is 0 Å². The highest BCUT2D eigenvalue weighted by molar-refractivity contribution is 7.97. The minimum atomic E-state index is -0.618. The summed E-state index contributed by atoms with van der Waals surface area (Å²) < 4.78 is 10.9. The van der Waals surface area contributed by atoms with E-state index in [0.29, 0.717) is 39.1 Å². The smallest absolute Gasteiger partial charge is 0.118 e. The highest BCUT2D eigenvalue weighted by Crippen LogP contribution is 2.19. The quantitative estimate of drug-likeness (QED) is 0.826. The standard InChI is InChI=1S/C13H21NO3S/c1-18-9-12-3-2-11(17-12)8-14-10-13(15)4-6-16-7-5-13/h2-3,14-15H,4-10H2,1H3. The Bertz CT molecular complexity index is 361. The van der Waals surface area contributed by atoms with Gasteiger partial charge in [0.2, 0.25) is 0 Å². The first-order valence-corrected chi connectivity index (χ1v) is 7.69. The molecule has 0 unspecified atom stereocenters. The van der Waals surface area contributed by atoms with Gasteiger partial charge in [-0.2, -0.15) is 11.8 Å². The summed E-state index contributed by atoms with van der Waals surface area (Å²) in [4.78, 5) is 0. The first-order chi connectivity index (χ1) is 8.72. The summed E-state index contributed by atoms with van der Waals surface area (Å²) in [5.41, 5.74) is -0.618. The molecule has 1 aliphatic heterocycles. The van der Waals surface area contributed by atoms with E-state index in [4.69, 9.17) is 9.15 Å². The Balaban J connectivity index is 1.73. The third-order valence-corrected chi connectivity index (χ3v) is 3.75. The van der Waals surface area contributed by atoms with Crippen LogP contribution in [-0.4, -0.2) is 36.7 Å². The summed E-state index contributed by atoms with van der Waals surface area (Å²) in [6, 6.07) is 4.00. The lowest BCUT2D eigenvalue weighted by Crippen LogP contribution is -2.44. The summed E-state index contributed by atoms with van der Waals surface area (Å²) in [7, 11) is 0. The van der Waals surface area contributed by atoms with Gasteiger partial charge in [0.15, 0.2) is 0 Å². The first-order valence-electron chi connectivity index (χ1n) is 6.29. The van der Waals surface area contributed by atoms with Crippen LogP contribution in [0.2, 0.25) is 0 Å². The van der Waals surface area contributed by atoms with Crippen molar-refractivity contribution in [2.24, 2.45) is 0 Å². The number of ether oxygens (including phenoxy) is 1. The molecular weight excluding hydrogens is 250 g/mol. The van der Waals surface area contributed by atoms with Crippen LogP contribution in [0.15, 0.2) is 16.5 Å². The summed E-state index contributed by atoms with van der Waals surface area (Å²) in [6.45, 7) is 2.56. The van der Waals surface area contributed by atoms with Crippen LogP contribution in [0.5, 0.6) is 0 Å². The maximum atomic E-state index is 10.3. The van der Waals surface area contributed by atoms with Crippen molar-refractivity contribution in [2.45, 2.75) is 30.7 Å². The van der Waals surface area contributed by atoms with Crippen LogP contribution < -0.4 is 5.32 Å². The van der Waals surface area contributed by atoms with Crippen molar-refractivity contribution in [2.75, 3.05) is 26.0 Å². The molecule has 0 bridgehead atoms. The molecule has 0 spiro atoms. The van der Waals surface area contributed by atoms with Crippen molar-refractivity contribution >= 4 is 11.8 Å². The molecule has 0 atom stereocenters. The number of furan rings is 1. The molecular formula is C13H21NO3S. The molecule has 5 heteroatoms. The summed E-state index contributed by atoms with van der Waals surface area (Å²) >= 11 is 1.75. The molecule has 1 aromatic rings. The Morgan fingerprint density at radius 1 is 1.33 bits per heavy atom. The van der Waals surface area contributed by atoms with E-state index in [-0.39, 0.29) is 0 Å². The molecule has 4 nitrogen and oxygen atoms in total. The maximum Gasteiger partial charge on any atom is 0.118 e. The fourth-order valence-corrected chi connectivity index (χ4v) is 2.52. The predicted molar refractivity (Wildman–Crippen MR) is 72.6 cm³/mol. The highest BCUT2D eigenvalue weighted by Gasteiger charge is 2.29. The van der Waals surface area contributed by atoms with Crippen LogP contribution in [0, 0.1) is 0 Å². The van der Waals surface area contributed by atoms with Crippen LogP contribution in [0.3, 0.4) is 0 Å². The average Bonchev–Trinajstić information content (AvgIpc) is 2.78. The Morgan fingerprint density at radius 3 is 2.78 bits per heavy atom. The Labute approximate surface area is 112 Å². The number of hydrogen-bond donors (Lipinski definition) is 2. The van der Waals surface area contributed by atoms with E-state index >= 15 is 0 Å². The lowest BCUT2D eigenvalue weighted by Gasteiger charge is -2.32. The second kappa shape index (κ2) is 6.61. The number of rotatable bonds is 6. The van der Waals surface area contributed by atoms with Crippen molar-refractivity contribution in [3.05, 3.63) is 23.7 Å². The first kappa shape index (κ1) is 13.9. The van der Waals surface area contributed by atoms with Gasteiger partial charge in [0, 0.05) is 32.6 Å². The van der Waals surface area contributed by atoms with E-state index in [2.05, 4.69) is 11.6 Å². The molecule has 1 saturated heterocycles. The highest BCUT2D eigenvalue weighted by atomic mass is 32.2. The van der Waals surface area contributed by atoms with Crippen LogP contribution in [0.25, 0.3) is 0 Å². The lowest BCUT2D eigenvalue weighted by molar-refractivity contribution is -0.0618. The van der Waals surface area contributed by atoms with Crippen molar-refractivity contribution in [3.63, 3.8) is 0 Å². The zero-order chi connectivity index (χ0) is 12.8. The molecule has 102 valence electrons. The molecule has 2 N–H and O–H groups in total. The molecule has 0 amide bonds. The molecule has 0 radical (unpaired) electrons. The van der Waals surface area contributed by atoms with Gasteiger partial charge in [-0.15, -0.1) is 0 Å². The number of thioether (sulfide) groups is 1. The van der Waals surface area contributed by atoms with Crippen LogP contribution in [0.1, 0.15) is 24.4 Å². The van der Waals surface area contributed by atoms with Gasteiger partial charge in [0.05, 0.1) is 17.9 Å². The monoisotopic (exact) mass is 271 g/mol. The molecule has 2 rings (SSSR count). The van der Waals surface area contributed by atoms with Gasteiger partial charge in [0.25, 0.3) is 0 Å². The van der Waals surface area contributed by atoms with Gasteiger partial charge in [-0.1, -0.05) is 0 Å². The van der Waals surface area contributed by atoms with E-state index in [0.717, 1.165) is 17.3 Å². The van der Waals surface area contributed by atoms with Crippen LogP contribution in [0.4, 0.5) is 0 Å². The molecule has 0 aromatic carbocycles. The third kappa shape index (κ3) is 4.02. The van der Waals surface area contributed by atoms with Gasteiger partial charge in [-0.3, -0.25) is 0 Å². The molecule has 0 aliphatic carbocycles. The van der Waals surface area contributed by atoms with Crippen LogP contribution >= 0.6 is 11.8 Å². The van der Waals surface area contributed by atoms with Crippen molar-refractivity contribution in [1.82, 2.24) is 5.32 Å². The van der Waals surface area contributed by atoms with Gasteiger partial charge >= 0.3 is 0 Å². The topological polar surface area (TPSA) is 54.6 Å². The van der Waals surface area contributed by atoms with Gasteiger partial charge in [0.1, 0.15) is 11.5 Å². The van der Waals surface area contributed by atoms with Crippen LogP contribution in [-0.2, 0) is 17.0 Å². The van der Waals surface area contributed by atoms with Crippen molar-refractivity contribution in [3.8, 4) is 0 Å². The molecule has 0 saturated carbocycles. The lowest BCUT2D eigenvalue weighted by atomic mass is 9.94. The van der Waals surface area contributed by atoms with E-state index in [1.807, 2.05) is 12.1 Å². The zero-order valence-corrected chi connectivity index (χ0v) is 11.6. The van der Waals surface area contributed by atoms with E-state index in [9.17, 15) is 5.11 Å². The summed E-state index contributed by atoms with van der Waals surface area (Å²) in [5.74, 6) is 2.83. The second-order valence-corrected chi connectivity index (χ2v) is 5.61. The normalized spacial score (nSPS) is 19.0. The fourth-order valence-electron chi connectivity index (χ4n) is 2.08. The molecule has 1 aliphatic rings. The molecule has 1 aromatic heterocycles. The number of aliphatic hydroxyl groups is 1. The average molecular weight is 271 g/mol. The third-order valence-electron chi connectivity index (χ3n) is 3.18. The predicted octanol–water partition coefficient (Wildman–Crippen LogP) is 1.77. The second-order valence-electron chi connectivity index (χ2n) is 4.74. The van der Waals surface area contributed by atoms with Gasteiger partial charge < -0.3 is 19.6 Å². The SMILES string of the molecule is CSCc1ccc(CNCC2(O)CCOCC2)o1. The maximum absolute atomic E-state index is 10.3. The minimum Gasteiger partial charge on any atom is -0.464 e. The fraction of sp³-hybridized carbons (Fsp3) is 0.692. The minimum absolute atomic E-state index is 0.592. The van der Waals surface area contributed by atoms with Gasteiger partial charge in [-0.25, -0.2) is 0 Å². The molecule has 1 fully saturated rings. The largest absolute Gasteiger partial charge is 0.464 e. The van der Waals surface area contributed by atoms with E-state index < -0.39 is 5.60 Å². The zero-order valence-electron chi connectivity index (χ0n) is 10.8. The number of hydrogen-bond acceptors (Lipinski definition) is 5. The molecule has 18 heavy (non-hydrogen) atoms. The van der Waals surface area contributed by atoms with Gasteiger partial charge in [-0.05, 0) is 18.4 Å². The Hall–Kier alpha value is -0.490.